The minimum Gasteiger partial charge on any atom is -0.356 e. The number of rotatable bonds is 7. The first-order valence-electron chi connectivity index (χ1n) is 11.8. The van der Waals surface area contributed by atoms with E-state index in [9.17, 15) is 13.2 Å². The maximum Gasteiger partial charge on any atom is 0.252 e. The molecule has 7 heteroatoms. The number of sulfonamides is 1. The summed E-state index contributed by atoms with van der Waals surface area (Å²) in [5, 5.41) is 3.13. The van der Waals surface area contributed by atoms with Gasteiger partial charge >= 0.3 is 0 Å². The predicted molar refractivity (Wildman–Crippen MR) is 119 cm³/mol. The second-order valence-corrected chi connectivity index (χ2v) is 13.7. The van der Waals surface area contributed by atoms with Crippen molar-refractivity contribution in [1.29, 1.82) is 0 Å². The summed E-state index contributed by atoms with van der Waals surface area (Å²) < 4.78 is 27.6. The van der Waals surface area contributed by atoms with Gasteiger partial charge < -0.3 is 5.32 Å². The van der Waals surface area contributed by atoms with Gasteiger partial charge in [-0.1, -0.05) is 6.42 Å². The van der Waals surface area contributed by atoms with Gasteiger partial charge in [0, 0.05) is 24.5 Å². The maximum absolute atomic E-state index is 12.8. The zero-order valence-electron chi connectivity index (χ0n) is 17.8. The molecule has 1 saturated heterocycles. The molecular formula is C23H34N2O3S2. The highest BCUT2D eigenvalue weighted by Gasteiger charge is 2.50. The van der Waals surface area contributed by atoms with Gasteiger partial charge in [-0.3, -0.25) is 4.79 Å². The molecule has 6 rings (SSSR count). The van der Waals surface area contributed by atoms with Gasteiger partial charge in [0.15, 0.2) is 0 Å². The molecule has 2 heterocycles. The Bertz CT molecular complexity index is 851. The summed E-state index contributed by atoms with van der Waals surface area (Å²) in [5.41, 5.74) is 0.487. The lowest BCUT2D eigenvalue weighted by atomic mass is 9.49. The maximum atomic E-state index is 12.8. The molecule has 5 aliphatic rings. The second kappa shape index (κ2) is 8.21. The Kier molecular flexibility index (Phi) is 5.73. The van der Waals surface area contributed by atoms with Gasteiger partial charge in [-0.2, -0.15) is 4.31 Å². The fraction of sp³-hybridized carbons (Fsp3) is 0.783. The van der Waals surface area contributed by atoms with E-state index in [2.05, 4.69) is 5.32 Å². The van der Waals surface area contributed by atoms with Gasteiger partial charge in [-0.05, 0) is 93.1 Å². The molecule has 1 aromatic heterocycles. The summed E-state index contributed by atoms with van der Waals surface area (Å²) >= 11 is 1.25. The van der Waals surface area contributed by atoms with Crippen molar-refractivity contribution in [3.63, 3.8) is 0 Å². The van der Waals surface area contributed by atoms with Crippen LogP contribution in [0.1, 0.15) is 69.1 Å². The van der Waals surface area contributed by atoms with E-state index in [0.29, 0.717) is 22.7 Å². The predicted octanol–water partition coefficient (Wildman–Crippen LogP) is 4.19. The summed E-state index contributed by atoms with van der Waals surface area (Å²) in [7, 11) is -3.40. The third-order valence-electron chi connectivity index (χ3n) is 8.02. The molecule has 1 amide bonds. The first kappa shape index (κ1) is 21.0. The average molecular weight is 451 g/mol. The van der Waals surface area contributed by atoms with Gasteiger partial charge in [0.05, 0.1) is 6.42 Å². The smallest absolute Gasteiger partial charge is 0.252 e. The number of amides is 1. The van der Waals surface area contributed by atoms with Crippen molar-refractivity contribution in [3.8, 4) is 0 Å². The van der Waals surface area contributed by atoms with Crippen molar-refractivity contribution >= 4 is 27.3 Å². The van der Waals surface area contributed by atoms with Crippen molar-refractivity contribution in [1.82, 2.24) is 9.62 Å². The zero-order chi connectivity index (χ0) is 20.8. The Morgan fingerprint density at radius 3 is 2.30 bits per heavy atom. The van der Waals surface area contributed by atoms with Crippen molar-refractivity contribution < 1.29 is 13.2 Å². The lowest BCUT2D eigenvalue weighted by Crippen LogP contribution is -2.47. The topological polar surface area (TPSA) is 66.5 Å². The highest BCUT2D eigenvalue weighted by molar-refractivity contribution is 7.91. The Balaban J connectivity index is 1.12. The first-order chi connectivity index (χ1) is 14.4. The number of carbonyl (C=O) groups excluding carboxylic acids is 1. The largest absolute Gasteiger partial charge is 0.356 e. The van der Waals surface area contributed by atoms with Crippen LogP contribution >= 0.6 is 11.3 Å². The molecule has 0 aromatic carbocycles. The second-order valence-electron chi connectivity index (χ2n) is 10.4. The van der Waals surface area contributed by atoms with Gasteiger partial charge in [0.1, 0.15) is 4.21 Å². The van der Waals surface area contributed by atoms with Crippen molar-refractivity contribution in [2.75, 3.05) is 19.6 Å². The quantitative estimate of drug-likeness (QED) is 0.677. The molecule has 1 aliphatic heterocycles. The summed E-state index contributed by atoms with van der Waals surface area (Å²) in [6.07, 6.45) is 12.8. The summed E-state index contributed by atoms with van der Waals surface area (Å²) in [6, 6.07) is 3.48. The van der Waals surface area contributed by atoms with Crippen LogP contribution in [0.4, 0.5) is 0 Å². The summed E-state index contributed by atoms with van der Waals surface area (Å²) in [6.45, 7) is 1.98. The van der Waals surface area contributed by atoms with E-state index in [-0.39, 0.29) is 12.3 Å². The van der Waals surface area contributed by atoms with E-state index in [1.165, 1.54) is 49.9 Å². The van der Waals surface area contributed by atoms with E-state index < -0.39 is 10.0 Å². The SMILES string of the molecule is O=C(Cc1ccc(S(=O)(=O)N2CCCCC2)s1)NCCC12CC3CC(CC(C3)C1)C2. The lowest BCUT2D eigenvalue weighted by Gasteiger charge is -2.57. The summed E-state index contributed by atoms with van der Waals surface area (Å²) in [4.78, 5) is 13.3. The van der Waals surface area contributed by atoms with Crippen LogP contribution in [0.25, 0.3) is 0 Å². The minimum atomic E-state index is -3.40. The van der Waals surface area contributed by atoms with E-state index in [1.54, 1.807) is 16.4 Å². The van der Waals surface area contributed by atoms with Crippen molar-refractivity contribution in [3.05, 3.63) is 17.0 Å². The van der Waals surface area contributed by atoms with Crippen LogP contribution < -0.4 is 5.32 Å². The molecule has 0 unspecified atom stereocenters. The fourth-order valence-corrected chi connectivity index (χ4v) is 10.1. The molecule has 0 radical (unpaired) electrons. The molecule has 0 spiro atoms. The molecule has 5 fully saturated rings. The molecule has 1 aromatic rings. The monoisotopic (exact) mass is 450 g/mol. The Morgan fingerprint density at radius 1 is 1.03 bits per heavy atom. The highest BCUT2D eigenvalue weighted by Crippen LogP contribution is 2.61. The Hall–Kier alpha value is -0.920. The molecule has 30 heavy (non-hydrogen) atoms. The lowest BCUT2D eigenvalue weighted by molar-refractivity contribution is -0.120. The van der Waals surface area contributed by atoms with Crippen LogP contribution in [0.3, 0.4) is 0 Å². The average Bonchev–Trinajstić information content (AvgIpc) is 3.17. The number of hydrogen-bond donors (Lipinski definition) is 1. The van der Waals surface area contributed by atoms with E-state index in [0.717, 1.165) is 54.9 Å². The van der Waals surface area contributed by atoms with E-state index in [4.69, 9.17) is 0 Å². The number of nitrogens with zero attached hydrogens (tertiary/aromatic N) is 1. The molecule has 4 aliphatic carbocycles. The van der Waals surface area contributed by atoms with Crippen LogP contribution in [-0.2, 0) is 21.2 Å². The van der Waals surface area contributed by atoms with E-state index in [1.807, 2.05) is 0 Å². The number of piperidine rings is 1. The van der Waals surface area contributed by atoms with Crippen LogP contribution in [0.15, 0.2) is 16.3 Å². The molecule has 1 N–H and O–H groups in total. The first-order valence-corrected chi connectivity index (χ1v) is 14.0. The third kappa shape index (κ3) is 4.22. The number of nitrogens with one attached hydrogen (secondary N) is 1. The summed E-state index contributed by atoms with van der Waals surface area (Å²) in [5.74, 6) is 2.85. The van der Waals surface area contributed by atoms with Gasteiger partial charge in [0.2, 0.25) is 5.91 Å². The molecule has 0 atom stereocenters. The molecule has 4 saturated carbocycles. The number of hydrogen-bond acceptors (Lipinski definition) is 4. The normalized spacial score (nSPS) is 33.7. The van der Waals surface area contributed by atoms with Gasteiger partial charge in [-0.25, -0.2) is 8.42 Å². The van der Waals surface area contributed by atoms with Gasteiger partial charge in [-0.15, -0.1) is 11.3 Å². The Morgan fingerprint density at radius 2 is 1.67 bits per heavy atom. The number of carbonyl (C=O) groups is 1. The fourth-order valence-electron chi connectivity index (χ4n) is 7.11. The van der Waals surface area contributed by atoms with Crippen molar-refractivity contribution in [2.45, 2.75) is 74.8 Å². The molecule has 166 valence electrons. The molecule has 5 nitrogen and oxygen atoms in total. The van der Waals surface area contributed by atoms with Crippen LogP contribution in [0.2, 0.25) is 0 Å². The minimum absolute atomic E-state index is 0.0171. The zero-order valence-corrected chi connectivity index (χ0v) is 19.4. The third-order valence-corrected chi connectivity index (χ3v) is 11.5. The standard InChI is InChI=1S/C23H34N2O3S2/c26-21(24-7-6-23-14-17-10-18(15-23)12-19(11-17)16-23)13-20-4-5-22(29-20)30(27,28)25-8-2-1-3-9-25/h4-5,17-19H,1-3,6-16H2,(H,24,26). The van der Waals surface area contributed by atoms with Gasteiger partial charge in [0.25, 0.3) is 10.0 Å². The molecule has 4 bridgehead atoms. The number of thiophene rings is 1. The highest BCUT2D eigenvalue weighted by atomic mass is 32.2. The van der Waals surface area contributed by atoms with Crippen molar-refractivity contribution in [2.24, 2.45) is 23.2 Å². The van der Waals surface area contributed by atoms with Crippen LogP contribution in [0, 0.1) is 23.2 Å². The Labute approximate surface area is 184 Å². The van der Waals surface area contributed by atoms with Crippen LogP contribution in [0.5, 0.6) is 0 Å². The van der Waals surface area contributed by atoms with E-state index >= 15 is 0 Å². The molecular weight excluding hydrogens is 416 g/mol. The van der Waals surface area contributed by atoms with Crippen LogP contribution in [-0.4, -0.2) is 38.3 Å².